The number of likely N-dealkylation sites (tertiary alicyclic amines) is 1. The van der Waals surface area contributed by atoms with Gasteiger partial charge in [-0.2, -0.15) is 0 Å². The Morgan fingerprint density at radius 3 is 2.93 bits per heavy atom. The average Bonchev–Trinajstić information content (AvgIpc) is 2.98. The van der Waals surface area contributed by atoms with Gasteiger partial charge in [-0.15, -0.1) is 0 Å². The van der Waals surface area contributed by atoms with Crippen LogP contribution in [0.5, 0.6) is 11.5 Å². The SMILES string of the molecule is C[C@H](N[C@H]1CC[C@@]2(O)[C@H]3Cc4ccc(O)c5c4[C@@]2(CCN3C)[C@H]1O5)C(=O)O. The number of phenols is 1. The molecule has 0 radical (unpaired) electrons. The van der Waals surface area contributed by atoms with Crippen molar-refractivity contribution in [2.75, 3.05) is 13.6 Å². The van der Waals surface area contributed by atoms with Crippen molar-refractivity contribution in [3.05, 3.63) is 23.3 Å². The third-order valence-corrected chi connectivity index (χ3v) is 7.56. The summed E-state index contributed by atoms with van der Waals surface area (Å²) in [4.78, 5) is 13.6. The Labute approximate surface area is 157 Å². The lowest BCUT2D eigenvalue weighted by Gasteiger charge is -2.63. The number of rotatable bonds is 3. The fourth-order valence-corrected chi connectivity index (χ4v) is 6.32. The van der Waals surface area contributed by atoms with E-state index in [9.17, 15) is 20.1 Å². The van der Waals surface area contributed by atoms with Crippen molar-refractivity contribution in [3.8, 4) is 11.5 Å². The molecule has 1 aromatic carbocycles. The Bertz CT molecular complexity index is 829. The maximum absolute atomic E-state index is 12.0. The van der Waals surface area contributed by atoms with E-state index in [1.165, 1.54) is 0 Å². The second kappa shape index (κ2) is 5.37. The van der Waals surface area contributed by atoms with Crippen LogP contribution in [0.4, 0.5) is 0 Å². The van der Waals surface area contributed by atoms with Gasteiger partial charge in [-0.3, -0.25) is 10.1 Å². The molecule has 2 aliphatic heterocycles. The quantitative estimate of drug-likeness (QED) is 0.615. The topological polar surface area (TPSA) is 102 Å². The van der Waals surface area contributed by atoms with Crippen LogP contribution in [-0.4, -0.2) is 69.6 Å². The number of carbonyl (C=O) groups is 1. The zero-order valence-electron chi connectivity index (χ0n) is 15.6. The van der Waals surface area contributed by atoms with E-state index in [-0.39, 0.29) is 17.8 Å². The van der Waals surface area contributed by atoms with Gasteiger partial charge in [0.15, 0.2) is 11.5 Å². The summed E-state index contributed by atoms with van der Waals surface area (Å²) in [6, 6.07) is 2.72. The van der Waals surface area contributed by atoms with Crippen LogP contribution in [-0.2, 0) is 16.6 Å². The number of carboxylic acids is 1. The summed E-state index contributed by atoms with van der Waals surface area (Å²) in [6.07, 6.45) is 2.29. The van der Waals surface area contributed by atoms with E-state index >= 15 is 0 Å². The second-order valence-electron chi connectivity index (χ2n) is 8.70. The van der Waals surface area contributed by atoms with E-state index in [4.69, 9.17) is 4.74 Å². The molecule has 2 aliphatic carbocycles. The number of benzene rings is 1. The van der Waals surface area contributed by atoms with Crippen molar-refractivity contribution in [1.82, 2.24) is 10.2 Å². The molecule has 6 atom stereocenters. The highest BCUT2D eigenvalue weighted by molar-refractivity contribution is 5.73. The normalized spacial score (nSPS) is 40.2. The monoisotopic (exact) mass is 374 g/mol. The van der Waals surface area contributed by atoms with Gasteiger partial charge in [0, 0.05) is 17.6 Å². The standard InChI is InChI=1S/C20H26N2O5/c1-10(18(24)25)21-12-5-6-20(26)14-9-11-3-4-13(23)16-15(11)19(20,17(12)27-16)7-8-22(14)2/h3-4,10,12,14,17,21,23,26H,5-9H2,1-2H3,(H,24,25)/t10-,12-,14+,17-,19-,20+/m0/s1. The number of hydrogen-bond donors (Lipinski definition) is 4. The van der Waals surface area contributed by atoms with Gasteiger partial charge in [0.2, 0.25) is 0 Å². The number of aliphatic carboxylic acids is 1. The number of nitrogens with one attached hydrogen (secondary N) is 1. The molecule has 0 aromatic heterocycles. The number of piperidine rings is 1. The Kier molecular flexibility index (Phi) is 3.44. The highest BCUT2D eigenvalue weighted by Crippen LogP contribution is 2.65. The van der Waals surface area contributed by atoms with E-state index in [1.54, 1.807) is 13.0 Å². The number of ether oxygens (including phenoxy) is 1. The number of phenolic OH excluding ortho intramolecular Hbond substituents is 1. The van der Waals surface area contributed by atoms with Gasteiger partial charge in [-0.25, -0.2) is 0 Å². The van der Waals surface area contributed by atoms with Gasteiger partial charge >= 0.3 is 5.97 Å². The molecule has 7 nitrogen and oxygen atoms in total. The highest BCUT2D eigenvalue weighted by atomic mass is 16.5. The van der Waals surface area contributed by atoms with Gasteiger partial charge < -0.3 is 25.0 Å². The number of likely N-dealkylation sites (N-methyl/N-ethyl adjacent to an activating group) is 1. The molecule has 1 saturated heterocycles. The van der Waals surface area contributed by atoms with E-state index in [2.05, 4.69) is 17.3 Å². The first-order chi connectivity index (χ1) is 12.8. The summed E-state index contributed by atoms with van der Waals surface area (Å²) in [5.41, 5.74) is 0.522. The van der Waals surface area contributed by atoms with Gasteiger partial charge in [0.25, 0.3) is 0 Å². The zero-order valence-corrected chi connectivity index (χ0v) is 15.6. The molecule has 1 saturated carbocycles. The summed E-state index contributed by atoms with van der Waals surface area (Å²) < 4.78 is 6.32. The molecule has 4 N–H and O–H groups in total. The lowest BCUT2D eigenvalue weighted by Crippen LogP contribution is -2.78. The molecule has 146 valence electrons. The van der Waals surface area contributed by atoms with Crippen LogP contribution >= 0.6 is 0 Å². The first kappa shape index (κ1) is 17.3. The van der Waals surface area contributed by atoms with Crippen molar-refractivity contribution in [2.24, 2.45) is 0 Å². The van der Waals surface area contributed by atoms with Crippen molar-refractivity contribution in [3.63, 3.8) is 0 Å². The maximum Gasteiger partial charge on any atom is 0.320 e. The van der Waals surface area contributed by atoms with Crippen LogP contribution in [0.3, 0.4) is 0 Å². The summed E-state index contributed by atoms with van der Waals surface area (Å²) >= 11 is 0. The fourth-order valence-electron chi connectivity index (χ4n) is 6.32. The molecule has 27 heavy (non-hydrogen) atoms. The van der Waals surface area contributed by atoms with Crippen molar-refractivity contribution < 1.29 is 24.9 Å². The molecule has 0 unspecified atom stereocenters. The van der Waals surface area contributed by atoms with Gasteiger partial charge in [0.05, 0.1) is 11.0 Å². The van der Waals surface area contributed by atoms with Crippen LogP contribution in [0.25, 0.3) is 0 Å². The summed E-state index contributed by atoms with van der Waals surface area (Å²) in [6.45, 7) is 2.46. The zero-order chi connectivity index (χ0) is 19.1. The van der Waals surface area contributed by atoms with E-state index in [1.807, 2.05) is 6.07 Å². The second-order valence-corrected chi connectivity index (χ2v) is 8.70. The minimum atomic E-state index is -0.943. The molecule has 0 amide bonds. The third kappa shape index (κ3) is 1.94. The average molecular weight is 374 g/mol. The largest absolute Gasteiger partial charge is 0.504 e. The van der Waals surface area contributed by atoms with Crippen molar-refractivity contribution in [2.45, 2.75) is 67.9 Å². The summed E-state index contributed by atoms with van der Waals surface area (Å²) in [7, 11) is 2.06. The van der Waals surface area contributed by atoms with E-state index in [0.29, 0.717) is 18.6 Å². The van der Waals surface area contributed by atoms with Crippen LogP contribution in [0.2, 0.25) is 0 Å². The van der Waals surface area contributed by atoms with Crippen LogP contribution in [0.1, 0.15) is 37.3 Å². The summed E-state index contributed by atoms with van der Waals surface area (Å²) in [5, 5.41) is 35.0. The molecule has 7 heteroatoms. The Hall–Kier alpha value is -1.83. The molecule has 2 heterocycles. The Morgan fingerprint density at radius 2 is 2.19 bits per heavy atom. The fraction of sp³-hybridized carbons (Fsp3) is 0.650. The minimum Gasteiger partial charge on any atom is -0.504 e. The predicted octanol–water partition coefficient (Wildman–Crippen LogP) is 0.607. The smallest absolute Gasteiger partial charge is 0.320 e. The van der Waals surface area contributed by atoms with E-state index < -0.39 is 29.1 Å². The van der Waals surface area contributed by atoms with Crippen LogP contribution in [0.15, 0.2) is 12.1 Å². The Balaban J connectivity index is 1.68. The molecule has 4 aliphatic rings. The van der Waals surface area contributed by atoms with Gasteiger partial charge in [-0.05, 0) is 57.8 Å². The lowest BCUT2D eigenvalue weighted by molar-refractivity contribution is -0.187. The molecule has 2 fully saturated rings. The van der Waals surface area contributed by atoms with Crippen LogP contribution in [0, 0.1) is 0 Å². The molecule has 5 rings (SSSR count). The molecular weight excluding hydrogens is 348 g/mol. The maximum atomic E-state index is 12.0. The van der Waals surface area contributed by atoms with E-state index in [0.717, 1.165) is 30.5 Å². The third-order valence-electron chi connectivity index (χ3n) is 7.56. The number of carboxylic acid groups (broad SMARTS) is 1. The first-order valence-electron chi connectivity index (χ1n) is 9.73. The number of nitrogens with zero attached hydrogens (tertiary/aromatic N) is 1. The van der Waals surface area contributed by atoms with Gasteiger partial charge in [-0.1, -0.05) is 6.07 Å². The Morgan fingerprint density at radius 1 is 1.41 bits per heavy atom. The number of aliphatic hydroxyl groups is 1. The van der Waals surface area contributed by atoms with Crippen molar-refractivity contribution >= 4 is 5.97 Å². The molecule has 1 spiro atoms. The first-order valence-corrected chi connectivity index (χ1v) is 9.73. The number of hydrogen-bond acceptors (Lipinski definition) is 6. The number of aromatic hydroxyl groups is 1. The summed E-state index contributed by atoms with van der Waals surface area (Å²) in [5.74, 6) is -0.324. The molecule has 2 bridgehead atoms. The predicted molar refractivity (Wildman–Crippen MR) is 97.1 cm³/mol. The van der Waals surface area contributed by atoms with Crippen molar-refractivity contribution in [1.29, 1.82) is 0 Å². The van der Waals surface area contributed by atoms with Crippen LogP contribution < -0.4 is 10.1 Å². The molecule has 1 aromatic rings. The minimum absolute atomic E-state index is 0.00168. The van der Waals surface area contributed by atoms with Gasteiger partial charge in [0.1, 0.15) is 12.1 Å². The lowest BCUT2D eigenvalue weighted by atomic mass is 9.48. The highest BCUT2D eigenvalue weighted by Gasteiger charge is 2.72. The molecular formula is C20H26N2O5.